The third kappa shape index (κ3) is 1.99. The Balaban J connectivity index is 2.23. The van der Waals surface area contributed by atoms with Gasteiger partial charge in [0.2, 0.25) is 0 Å². The van der Waals surface area contributed by atoms with Gasteiger partial charge in [-0.3, -0.25) is 0 Å². The minimum Gasteiger partial charge on any atom is -0.443 e. The van der Waals surface area contributed by atoms with E-state index in [0.29, 0.717) is 0 Å². The van der Waals surface area contributed by atoms with Crippen LogP contribution in [-0.4, -0.2) is 9.55 Å². The molecule has 2 aromatic heterocycles. The molecule has 122 valence electrons. The van der Waals surface area contributed by atoms with Crippen LogP contribution in [0.4, 0.5) is 0 Å². The highest BCUT2D eigenvalue weighted by atomic mass is 16.3. The standard InChI is InChI=1S/C20H22N3O/c1-13-10-11-16-18(21-12-24-16)17(13)19-22(5)14-8-6-7-9-15(14)23(19)20(2,3)4/h6-12H,1-5H3/q+1. The van der Waals surface area contributed by atoms with Gasteiger partial charge < -0.3 is 4.42 Å². The van der Waals surface area contributed by atoms with Crippen LogP contribution in [0.25, 0.3) is 33.5 Å². The molecule has 2 heterocycles. The molecule has 0 aliphatic rings. The van der Waals surface area contributed by atoms with Crippen molar-refractivity contribution < 1.29 is 8.98 Å². The summed E-state index contributed by atoms with van der Waals surface area (Å²) in [7, 11) is 2.12. The van der Waals surface area contributed by atoms with Crippen molar-refractivity contribution in [3.05, 3.63) is 48.4 Å². The van der Waals surface area contributed by atoms with Crippen molar-refractivity contribution in [1.29, 1.82) is 0 Å². The molecule has 0 aliphatic heterocycles. The number of hydrogen-bond donors (Lipinski definition) is 0. The Morgan fingerprint density at radius 2 is 1.83 bits per heavy atom. The number of oxazole rings is 1. The number of hydrogen-bond acceptors (Lipinski definition) is 2. The van der Waals surface area contributed by atoms with Crippen molar-refractivity contribution >= 4 is 22.1 Å². The molecule has 4 heteroatoms. The van der Waals surface area contributed by atoms with Crippen LogP contribution in [0.1, 0.15) is 26.3 Å². The molecule has 0 radical (unpaired) electrons. The van der Waals surface area contributed by atoms with E-state index >= 15 is 0 Å². The topological polar surface area (TPSA) is 34.8 Å². The molecule has 0 saturated carbocycles. The second-order valence-electron chi connectivity index (χ2n) is 7.33. The summed E-state index contributed by atoms with van der Waals surface area (Å²) in [5.74, 6) is 1.15. The molecule has 0 N–H and O–H groups in total. The fourth-order valence-electron chi connectivity index (χ4n) is 3.59. The number of benzene rings is 2. The van der Waals surface area contributed by atoms with E-state index in [0.717, 1.165) is 22.5 Å². The van der Waals surface area contributed by atoms with Gasteiger partial charge in [-0.1, -0.05) is 18.2 Å². The molecule has 0 aliphatic carbocycles. The summed E-state index contributed by atoms with van der Waals surface area (Å²) in [5, 5.41) is 0. The van der Waals surface area contributed by atoms with Crippen molar-refractivity contribution in [2.24, 2.45) is 7.05 Å². The van der Waals surface area contributed by atoms with Crippen LogP contribution in [0.3, 0.4) is 0 Å². The molecule has 4 aromatic rings. The Bertz CT molecular complexity index is 1060. The van der Waals surface area contributed by atoms with Gasteiger partial charge in [0.15, 0.2) is 23.0 Å². The van der Waals surface area contributed by atoms with E-state index in [1.165, 1.54) is 23.0 Å². The predicted molar refractivity (Wildman–Crippen MR) is 95.9 cm³/mol. The van der Waals surface area contributed by atoms with Crippen LogP contribution in [0, 0.1) is 6.92 Å². The highest BCUT2D eigenvalue weighted by Gasteiger charge is 2.34. The molecule has 2 aromatic carbocycles. The van der Waals surface area contributed by atoms with Gasteiger partial charge in [-0.25, -0.2) is 14.1 Å². The minimum absolute atomic E-state index is 0.0610. The first-order valence-electron chi connectivity index (χ1n) is 8.22. The first kappa shape index (κ1) is 14.9. The normalized spacial score (nSPS) is 12.4. The van der Waals surface area contributed by atoms with Gasteiger partial charge in [0.1, 0.15) is 11.1 Å². The summed E-state index contributed by atoms with van der Waals surface area (Å²) in [4.78, 5) is 4.50. The summed E-state index contributed by atoms with van der Waals surface area (Å²) in [6.07, 6.45) is 1.53. The lowest BCUT2D eigenvalue weighted by molar-refractivity contribution is -0.634. The van der Waals surface area contributed by atoms with E-state index in [9.17, 15) is 0 Å². The molecule has 0 spiro atoms. The number of para-hydroxylation sites is 2. The predicted octanol–water partition coefficient (Wildman–Crippen LogP) is 4.34. The van der Waals surface area contributed by atoms with Gasteiger partial charge in [0, 0.05) is 0 Å². The first-order valence-corrected chi connectivity index (χ1v) is 8.22. The van der Waals surface area contributed by atoms with Crippen molar-refractivity contribution in [3.63, 3.8) is 0 Å². The van der Waals surface area contributed by atoms with Crippen LogP contribution in [-0.2, 0) is 12.6 Å². The van der Waals surface area contributed by atoms with E-state index in [4.69, 9.17) is 4.42 Å². The van der Waals surface area contributed by atoms with E-state index in [2.05, 4.69) is 79.2 Å². The van der Waals surface area contributed by atoms with Gasteiger partial charge in [-0.2, -0.15) is 0 Å². The maximum Gasteiger partial charge on any atom is 0.292 e. The largest absolute Gasteiger partial charge is 0.443 e. The molecule has 0 saturated heterocycles. The average Bonchev–Trinajstić information content (AvgIpc) is 3.10. The number of aromatic nitrogens is 3. The molecule has 4 rings (SSSR count). The fraction of sp³-hybridized carbons (Fsp3) is 0.300. The number of fused-ring (bicyclic) bond motifs is 2. The maximum absolute atomic E-state index is 5.54. The van der Waals surface area contributed by atoms with Gasteiger partial charge in [0.25, 0.3) is 5.82 Å². The van der Waals surface area contributed by atoms with E-state index in [1.54, 1.807) is 0 Å². The van der Waals surface area contributed by atoms with Crippen molar-refractivity contribution in [1.82, 2.24) is 9.55 Å². The lowest BCUT2D eigenvalue weighted by atomic mass is 10.0. The van der Waals surface area contributed by atoms with Crippen LogP contribution in [0.5, 0.6) is 0 Å². The molecule has 4 nitrogen and oxygen atoms in total. The molecule has 0 fully saturated rings. The maximum atomic E-state index is 5.54. The van der Waals surface area contributed by atoms with E-state index in [1.807, 2.05) is 6.07 Å². The van der Waals surface area contributed by atoms with E-state index in [-0.39, 0.29) is 5.54 Å². The number of aryl methyl sites for hydroxylation is 2. The average molecular weight is 320 g/mol. The molecular weight excluding hydrogens is 298 g/mol. The number of nitrogens with zero attached hydrogens (tertiary/aromatic N) is 3. The summed E-state index contributed by atoms with van der Waals surface area (Å²) < 4.78 is 10.2. The highest BCUT2D eigenvalue weighted by Crippen LogP contribution is 2.35. The highest BCUT2D eigenvalue weighted by molar-refractivity contribution is 5.91. The monoisotopic (exact) mass is 320 g/mol. The Morgan fingerprint density at radius 1 is 1.08 bits per heavy atom. The second-order valence-corrected chi connectivity index (χ2v) is 7.33. The Labute approximate surface area is 141 Å². The minimum atomic E-state index is -0.0610. The third-order valence-corrected chi connectivity index (χ3v) is 4.62. The summed E-state index contributed by atoms with van der Waals surface area (Å²) in [6, 6.07) is 12.6. The lowest BCUT2D eigenvalue weighted by Gasteiger charge is -2.19. The number of rotatable bonds is 1. The summed E-state index contributed by atoms with van der Waals surface area (Å²) in [5.41, 5.74) is 6.44. The van der Waals surface area contributed by atoms with E-state index < -0.39 is 0 Å². The van der Waals surface area contributed by atoms with Crippen molar-refractivity contribution in [2.45, 2.75) is 33.2 Å². The second kappa shape index (κ2) is 4.94. The zero-order valence-corrected chi connectivity index (χ0v) is 14.8. The zero-order valence-electron chi connectivity index (χ0n) is 14.8. The van der Waals surface area contributed by atoms with Gasteiger partial charge >= 0.3 is 0 Å². The Morgan fingerprint density at radius 3 is 2.58 bits per heavy atom. The number of imidazole rings is 1. The molecule has 0 amide bonds. The van der Waals surface area contributed by atoms with Gasteiger partial charge in [-0.05, 0) is 51.5 Å². The smallest absolute Gasteiger partial charge is 0.292 e. The van der Waals surface area contributed by atoms with Crippen LogP contribution < -0.4 is 4.57 Å². The summed E-state index contributed by atoms with van der Waals surface area (Å²) >= 11 is 0. The zero-order chi connectivity index (χ0) is 17.1. The Kier molecular flexibility index (Phi) is 3.07. The van der Waals surface area contributed by atoms with Crippen LogP contribution in [0.15, 0.2) is 47.2 Å². The third-order valence-electron chi connectivity index (χ3n) is 4.62. The van der Waals surface area contributed by atoms with Crippen molar-refractivity contribution in [2.75, 3.05) is 0 Å². The van der Waals surface area contributed by atoms with Crippen LogP contribution >= 0.6 is 0 Å². The van der Waals surface area contributed by atoms with Crippen LogP contribution in [0.2, 0.25) is 0 Å². The van der Waals surface area contributed by atoms with Gasteiger partial charge in [0.05, 0.1) is 12.6 Å². The molecule has 0 bridgehead atoms. The Hall–Kier alpha value is -2.62. The lowest BCUT2D eigenvalue weighted by Crippen LogP contribution is -2.33. The SMILES string of the molecule is Cc1ccc2ocnc2c1-c1n(C(C)(C)C)c2ccccc2[n+]1C. The molecular formula is C20H22N3O+. The fourth-order valence-corrected chi connectivity index (χ4v) is 3.59. The first-order chi connectivity index (χ1) is 11.4. The molecule has 0 atom stereocenters. The van der Waals surface area contributed by atoms with Gasteiger partial charge in [-0.15, -0.1) is 0 Å². The quantitative estimate of drug-likeness (QED) is 0.489. The summed E-state index contributed by atoms with van der Waals surface area (Å²) in [6.45, 7) is 8.84. The molecule has 0 unspecified atom stereocenters. The van der Waals surface area contributed by atoms with Crippen molar-refractivity contribution in [3.8, 4) is 11.4 Å². The molecule has 24 heavy (non-hydrogen) atoms.